The quantitative estimate of drug-likeness (QED) is 0.0841. The lowest BCUT2D eigenvalue weighted by molar-refractivity contribution is -0.151. The zero-order chi connectivity index (χ0) is 29.8. The smallest absolute Gasteiger partial charge is 0.306 e. The predicted molar refractivity (Wildman–Crippen MR) is 174 cm³/mol. The summed E-state index contributed by atoms with van der Waals surface area (Å²) in [7, 11) is 1.92. The van der Waals surface area contributed by atoms with Crippen LogP contribution in [0.2, 0.25) is 0 Å². The molecule has 4 aliphatic rings. The molecule has 0 aromatic carbocycles. The van der Waals surface area contributed by atoms with Gasteiger partial charge in [0.05, 0.1) is 19.4 Å². The Balaban J connectivity index is 1.27. The summed E-state index contributed by atoms with van der Waals surface area (Å²) in [5, 5.41) is 0. The van der Waals surface area contributed by atoms with Crippen LogP contribution in [0.15, 0.2) is 11.6 Å². The molecule has 0 aromatic heterocycles. The van der Waals surface area contributed by atoms with E-state index < -0.39 is 0 Å². The van der Waals surface area contributed by atoms with Gasteiger partial charge in [-0.05, 0) is 111 Å². The van der Waals surface area contributed by atoms with E-state index in [-0.39, 0.29) is 24.8 Å². The summed E-state index contributed by atoms with van der Waals surface area (Å²) < 4.78 is 12.8. The summed E-state index contributed by atoms with van der Waals surface area (Å²) in [4.78, 5) is 24.2. The zero-order valence-electron chi connectivity index (χ0n) is 26.9. The van der Waals surface area contributed by atoms with Crippen LogP contribution < -0.4 is 0 Å². The van der Waals surface area contributed by atoms with Gasteiger partial charge in [-0.1, -0.05) is 65.5 Å². The summed E-state index contributed by atoms with van der Waals surface area (Å²) in [5.74, 6) is 4.94. The Bertz CT molecular complexity index is 933. The second-order valence-electron chi connectivity index (χ2n) is 15.1. The van der Waals surface area contributed by atoms with Crippen LogP contribution in [0.25, 0.3) is 0 Å². The molecule has 0 amide bonds. The summed E-state index contributed by atoms with van der Waals surface area (Å²) in [6.07, 6.45) is 17.4. The van der Waals surface area contributed by atoms with Crippen LogP contribution in [0.4, 0.5) is 0 Å². The van der Waals surface area contributed by atoms with Gasteiger partial charge in [0.1, 0.15) is 6.61 Å². The average molecular weight is 684 g/mol. The molecule has 0 spiro atoms. The third-order valence-electron chi connectivity index (χ3n) is 12.1. The molecule has 7 unspecified atom stereocenters. The number of carbonyl (C=O) groups excluding carboxylic acids is 2. The molecule has 0 N–H and O–H groups in total. The van der Waals surface area contributed by atoms with E-state index >= 15 is 0 Å². The van der Waals surface area contributed by atoms with E-state index in [4.69, 9.17) is 9.47 Å². The lowest BCUT2D eigenvalue weighted by Gasteiger charge is -2.58. The molecule has 0 heterocycles. The molecule has 0 radical (unpaired) electrons. The molecule has 6 heteroatoms. The number of hydrogen-bond donors (Lipinski definition) is 0. The van der Waals surface area contributed by atoms with Crippen LogP contribution in [0, 0.1) is 52.3 Å². The van der Waals surface area contributed by atoms with Gasteiger partial charge in [-0.25, -0.2) is 3.11 Å². The fourth-order valence-electron chi connectivity index (χ4n) is 9.75. The lowest BCUT2D eigenvalue weighted by atomic mass is 9.46. The largest absolute Gasteiger partial charge is 0.465 e. The van der Waals surface area contributed by atoms with Crippen molar-refractivity contribution in [2.24, 2.45) is 52.3 Å². The van der Waals surface area contributed by atoms with Gasteiger partial charge in [0, 0.05) is 29.4 Å². The third kappa shape index (κ3) is 7.91. The topological polar surface area (TPSA) is 55.8 Å². The predicted octanol–water partition coefficient (Wildman–Crippen LogP) is 8.79. The van der Waals surface area contributed by atoms with E-state index in [1.165, 1.54) is 57.8 Å². The molecule has 3 fully saturated rings. The maximum Gasteiger partial charge on any atom is 0.306 e. The molecule has 3 saturated carbocycles. The van der Waals surface area contributed by atoms with Crippen molar-refractivity contribution in [3.05, 3.63) is 11.6 Å². The second-order valence-corrected chi connectivity index (χ2v) is 16.8. The Kier molecular flexibility index (Phi) is 11.7. The van der Waals surface area contributed by atoms with Gasteiger partial charge in [-0.3, -0.25) is 9.59 Å². The van der Waals surface area contributed by atoms with Crippen LogP contribution in [0.1, 0.15) is 118 Å². The molecule has 8 atom stereocenters. The molecule has 5 nitrogen and oxygen atoms in total. The zero-order valence-corrected chi connectivity index (χ0v) is 29.0. The maximum atomic E-state index is 12.3. The Hall–Kier alpha value is -0.630. The monoisotopic (exact) mass is 683 g/mol. The van der Waals surface area contributed by atoms with Gasteiger partial charge >= 0.3 is 11.9 Å². The van der Waals surface area contributed by atoms with Crippen molar-refractivity contribution in [3.63, 3.8) is 0 Å². The second kappa shape index (κ2) is 14.4. The number of halogens is 1. The molecule has 0 bridgehead atoms. The number of carbonyl (C=O) groups is 2. The number of esters is 2. The number of nitrogens with zero attached hydrogens (tertiary/aromatic N) is 1. The lowest BCUT2D eigenvalue weighted by Crippen LogP contribution is -2.50. The number of likely N-dealkylation sites (N-methyl/N-ethyl adjacent to an activating group) is 1. The first-order valence-corrected chi connectivity index (χ1v) is 17.8. The highest BCUT2D eigenvalue weighted by atomic mass is 127. The van der Waals surface area contributed by atoms with Crippen LogP contribution >= 0.6 is 22.9 Å². The van der Waals surface area contributed by atoms with E-state index in [2.05, 4.69) is 63.6 Å². The van der Waals surface area contributed by atoms with Gasteiger partial charge in [-0.2, -0.15) is 0 Å². The van der Waals surface area contributed by atoms with Gasteiger partial charge in [0.25, 0.3) is 0 Å². The number of ether oxygens (including phenoxy) is 2. The van der Waals surface area contributed by atoms with Crippen LogP contribution in [0.3, 0.4) is 0 Å². The Morgan fingerprint density at radius 2 is 1.73 bits per heavy atom. The molecule has 41 heavy (non-hydrogen) atoms. The Morgan fingerprint density at radius 1 is 1.00 bits per heavy atom. The highest BCUT2D eigenvalue weighted by Crippen LogP contribution is 2.67. The summed E-state index contributed by atoms with van der Waals surface area (Å²) >= 11 is 2.15. The highest BCUT2D eigenvalue weighted by Gasteiger charge is 2.59. The van der Waals surface area contributed by atoms with Crippen molar-refractivity contribution in [2.75, 3.05) is 26.8 Å². The van der Waals surface area contributed by atoms with E-state index in [1.807, 2.05) is 10.2 Å². The molecule has 4 rings (SSSR count). The van der Waals surface area contributed by atoms with Gasteiger partial charge in [-0.15, -0.1) is 0 Å². The van der Waals surface area contributed by atoms with Crippen molar-refractivity contribution in [1.82, 2.24) is 3.11 Å². The molecular weight excluding hydrogens is 625 g/mol. The van der Waals surface area contributed by atoms with Gasteiger partial charge in [0.15, 0.2) is 0 Å². The minimum Gasteiger partial charge on any atom is -0.465 e. The molecule has 0 aliphatic heterocycles. The van der Waals surface area contributed by atoms with Crippen molar-refractivity contribution < 1.29 is 19.1 Å². The van der Waals surface area contributed by atoms with Crippen molar-refractivity contribution >= 4 is 34.8 Å². The van der Waals surface area contributed by atoms with E-state index in [0.717, 1.165) is 48.3 Å². The summed E-state index contributed by atoms with van der Waals surface area (Å²) in [6.45, 7) is 14.0. The standard InChI is InChI=1S/C35H58INO4/c1-24(2)8-7-9-25(3)29-12-13-30-28-11-10-27-22-26(16-18-34(27,4)31(28)17-19-35(29,30)5)23-41-33(39)15-14-32(38)40-21-20-37(6)36/h10,24-26,28-31H,7-9,11-23H2,1-6H3/t25?,26-,28?,29?,30?,31?,34?,35?/m0/s1. The number of fused-ring (bicyclic) bond motifs is 5. The van der Waals surface area contributed by atoms with E-state index in [9.17, 15) is 9.59 Å². The Morgan fingerprint density at radius 3 is 2.44 bits per heavy atom. The summed E-state index contributed by atoms with van der Waals surface area (Å²) in [5.41, 5.74) is 2.50. The minimum absolute atomic E-state index is 0.0957. The fourth-order valence-corrected chi connectivity index (χ4v) is 9.94. The molecule has 234 valence electrons. The fraction of sp³-hybridized carbons (Fsp3) is 0.886. The molecular formula is C35H58INO4. The maximum absolute atomic E-state index is 12.3. The molecule has 4 aliphatic carbocycles. The first-order chi connectivity index (χ1) is 19.4. The van der Waals surface area contributed by atoms with Gasteiger partial charge in [0.2, 0.25) is 0 Å². The number of hydrogen-bond acceptors (Lipinski definition) is 5. The SMILES string of the molecule is CC(C)CCCC(C)C1CCC2C3CC=C4C[C@@H](COC(=O)CCC(=O)OCCN(C)I)CCC4(C)C3CCC12C. The summed E-state index contributed by atoms with van der Waals surface area (Å²) in [6, 6.07) is 0. The first kappa shape index (κ1) is 33.3. The highest BCUT2D eigenvalue weighted by molar-refractivity contribution is 14.1. The third-order valence-corrected chi connectivity index (χ3v) is 12.6. The number of allylic oxidation sites excluding steroid dienone is 2. The molecule has 0 aromatic rings. The average Bonchev–Trinajstić information content (AvgIpc) is 3.27. The van der Waals surface area contributed by atoms with E-state index in [1.54, 1.807) is 5.57 Å². The van der Waals surface area contributed by atoms with Crippen LogP contribution in [-0.4, -0.2) is 41.9 Å². The Labute approximate surface area is 264 Å². The van der Waals surface area contributed by atoms with Crippen LogP contribution in [0.5, 0.6) is 0 Å². The first-order valence-electron chi connectivity index (χ1n) is 16.8. The molecule has 0 saturated heterocycles. The van der Waals surface area contributed by atoms with Crippen molar-refractivity contribution in [3.8, 4) is 0 Å². The van der Waals surface area contributed by atoms with Crippen LogP contribution in [-0.2, 0) is 19.1 Å². The normalized spacial score (nSPS) is 35.3. The minimum atomic E-state index is -0.326. The van der Waals surface area contributed by atoms with Crippen molar-refractivity contribution in [2.45, 2.75) is 118 Å². The van der Waals surface area contributed by atoms with Gasteiger partial charge < -0.3 is 9.47 Å². The van der Waals surface area contributed by atoms with Crippen molar-refractivity contribution in [1.29, 1.82) is 0 Å². The van der Waals surface area contributed by atoms with E-state index in [0.29, 0.717) is 36.5 Å². The number of rotatable bonds is 13.